The van der Waals surface area contributed by atoms with Gasteiger partial charge in [-0.3, -0.25) is 0 Å². The van der Waals surface area contributed by atoms with Gasteiger partial charge in [0.1, 0.15) is 0 Å². The van der Waals surface area contributed by atoms with E-state index in [4.69, 9.17) is 0 Å². The molecule has 1 fully saturated rings. The van der Waals surface area contributed by atoms with Gasteiger partial charge >= 0.3 is 0 Å². The Kier molecular flexibility index (Phi) is 2.62. The van der Waals surface area contributed by atoms with E-state index in [1.807, 2.05) is 0 Å². The molecule has 1 aliphatic rings. The first-order valence-corrected chi connectivity index (χ1v) is 5.41. The molecule has 0 aromatic carbocycles. The predicted molar refractivity (Wildman–Crippen MR) is 59.7 cm³/mol. The highest BCUT2D eigenvalue weighted by atomic mass is 14.4. The predicted octanol–water partition coefficient (Wildman–Crippen LogP) is 4.42. The molecular formula is C13H24. The lowest BCUT2D eigenvalue weighted by molar-refractivity contribution is 0.367. The van der Waals surface area contributed by atoms with E-state index in [1.54, 1.807) is 5.57 Å². The molecule has 0 radical (unpaired) electrons. The number of rotatable bonds is 0. The van der Waals surface area contributed by atoms with Crippen molar-refractivity contribution in [2.24, 2.45) is 16.7 Å². The monoisotopic (exact) mass is 180 g/mol. The van der Waals surface area contributed by atoms with Gasteiger partial charge in [-0.15, -0.1) is 0 Å². The molecule has 0 amide bonds. The molecule has 0 aromatic heterocycles. The van der Waals surface area contributed by atoms with E-state index in [0.29, 0.717) is 10.8 Å². The first-order chi connectivity index (χ1) is 5.70. The van der Waals surface area contributed by atoms with Crippen LogP contribution in [-0.2, 0) is 0 Å². The molecule has 0 spiro atoms. The Morgan fingerprint density at radius 1 is 1.31 bits per heavy atom. The van der Waals surface area contributed by atoms with E-state index >= 15 is 0 Å². The van der Waals surface area contributed by atoms with Crippen LogP contribution in [0, 0.1) is 16.7 Å². The lowest BCUT2D eigenvalue weighted by Gasteiger charge is -2.16. The summed E-state index contributed by atoms with van der Waals surface area (Å²) < 4.78 is 0. The van der Waals surface area contributed by atoms with E-state index in [0.717, 1.165) is 5.92 Å². The molecule has 0 bridgehead atoms. The normalized spacial score (nSPS) is 31.2. The van der Waals surface area contributed by atoms with Gasteiger partial charge in [0.05, 0.1) is 0 Å². The number of hydrogen-bond donors (Lipinski definition) is 0. The first-order valence-electron chi connectivity index (χ1n) is 5.41. The van der Waals surface area contributed by atoms with Crippen molar-refractivity contribution in [2.45, 2.75) is 54.4 Å². The fraction of sp³-hybridized carbons (Fsp3) is 0.846. The van der Waals surface area contributed by atoms with Crippen molar-refractivity contribution in [3.8, 4) is 0 Å². The first kappa shape index (κ1) is 10.8. The SMILES string of the molecule is CC1CC(C)(C)C/C1=C\C(C)(C)C. The molecule has 76 valence electrons. The number of allylic oxidation sites excluding steroid dienone is 2. The second kappa shape index (κ2) is 3.15. The van der Waals surface area contributed by atoms with Crippen LogP contribution in [0.15, 0.2) is 11.6 Å². The average molecular weight is 180 g/mol. The van der Waals surface area contributed by atoms with Gasteiger partial charge in [-0.25, -0.2) is 0 Å². The summed E-state index contributed by atoms with van der Waals surface area (Å²) in [5.41, 5.74) is 2.57. The molecule has 1 aliphatic carbocycles. The third kappa shape index (κ3) is 3.17. The maximum atomic E-state index is 2.48. The van der Waals surface area contributed by atoms with Crippen LogP contribution in [0.2, 0.25) is 0 Å². The minimum absolute atomic E-state index is 0.351. The van der Waals surface area contributed by atoms with E-state index in [9.17, 15) is 0 Å². The fourth-order valence-corrected chi connectivity index (χ4v) is 2.51. The van der Waals surface area contributed by atoms with Crippen LogP contribution < -0.4 is 0 Å². The molecule has 0 heterocycles. The van der Waals surface area contributed by atoms with Crippen molar-refractivity contribution < 1.29 is 0 Å². The Morgan fingerprint density at radius 2 is 1.85 bits per heavy atom. The fourth-order valence-electron chi connectivity index (χ4n) is 2.51. The van der Waals surface area contributed by atoms with Crippen molar-refractivity contribution in [3.63, 3.8) is 0 Å². The zero-order chi connectivity index (χ0) is 10.3. The molecule has 0 heteroatoms. The second-order valence-electron chi connectivity index (χ2n) is 6.53. The summed E-state index contributed by atoms with van der Waals surface area (Å²) in [5, 5.41) is 0. The summed E-state index contributed by atoms with van der Waals surface area (Å²) in [5.74, 6) is 0.800. The van der Waals surface area contributed by atoms with E-state index < -0.39 is 0 Å². The summed E-state index contributed by atoms with van der Waals surface area (Å²) >= 11 is 0. The van der Waals surface area contributed by atoms with Crippen LogP contribution in [0.3, 0.4) is 0 Å². The zero-order valence-electron chi connectivity index (χ0n) is 10.1. The Balaban J connectivity index is 2.79. The summed E-state index contributed by atoms with van der Waals surface area (Å²) in [6, 6.07) is 0. The smallest absolute Gasteiger partial charge is 0.0200 e. The highest BCUT2D eigenvalue weighted by Gasteiger charge is 2.32. The minimum atomic E-state index is 0.351. The lowest BCUT2D eigenvalue weighted by atomic mass is 9.89. The van der Waals surface area contributed by atoms with Crippen LogP contribution in [0.4, 0.5) is 0 Å². The van der Waals surface area contributed by atoms with Crippen LogP contribution >= 0.6 is 0 Å². The van der Waals surface area contributed by atoms with Crippen molar-refractivity contribution in [1.82, 2.24) is 0 Å². The molecule has 0 nitrogen and oxygen atoms in total. The molecule has 0 aromatic rings. The van der Waals surface area contributed by atoms with Crippen molar-refractivity contribution >= 4 is 0 Å². The Bertz CT molecular complexity index is 213. The third-order valence-electron chi connectivity index (χ3n) is 2.79. The van der Waals surface area contributed by atoms with E-state index in [2.05, 4.69) is 47.6 Å². The lowest BCUT2D eigenvalue weighted by Crippen LogP contribution is -2.04. The molecule has 0 saturated heterocycles. The molecule has 0 N–H and O–H groups in total. The highest BCUT2D eigenvalue weighted by molar-refractivity contribution is 5.17. The van der Waals surface area contributed by atoms with Crippen molar-refractivity contribution in [1.29, 1.82) is 0 Å². The largest absolute Gasteiger partial charge is 0.0796 e. The van der Waals surface area contributed by atoms with Gasteiger partial charge < -0.3 is 0 Å². The van der Waals surface area contributed by atoms with Gasteiger partial charge in [-0.1, -0.05) is 53.2 Å². The number of hydrogen-bond acceptors (Lipinski definition) is 0. The molecule has 13 heavy (non-hydrogen) atoms. The Labute approximate surface area is 83.4 Å². The molecular weight excluding hydrogens is 156 g/mol. The van der Waals surface area contributed by atoms with E-state index in [-0.39, 0.29) is 0 Å². The van der Waals surface area contributed by atoms with Crippen LogP contribution in [0.5, 0.6) is 0 Å². The molecule has 0 aliphatic heterocycles. The van der Waals surface area contributed by atoms with Crippen molar-refractivity contribution in [2.75, 3.05) is 0 Å². The second-order valence-corrected chi connectivity index (χ2v) is 6.53. The van der Waals surface area contributed by atoms with Gasteiger partial charge in [0.25, 0.3) is 0 Å². The van der Waals surface area contributed by atoms with E-state index in [1.165, 1.54) is 12.8 Å². The minimum Gasteiger partial charge on any atom is -0.0796 e. The maximum Gasteiger partial charge on any atom is -0.0200 e. The topological polar surface area (TPSA) is 0 Å². The van der Waals surface area contributed by atoms with Crippen molar-refractivity contribution in [3.05, 3.63) is 11.6 Å². The standard InChI is InChI=1S/C13H24/c1-10-7-13(5,6)9-11(10)8-12(2,3)4/h8,10H,7,9H2,1-6H3/b11-8+. The Morgan fingerprint density at radius 3 is 2.15 bits per heavy atom. The van der Waals surface area contributed by atoms with Gasteiger partial charge in [0.2, 0.25) is 0 Å². The van der Waals surface area contributed by atoms with Crippen LogP contribution in [-0.4, -0.2) is 0 Å². The maximum absolute atomic E-state index is 2.48. The summed E-state index contributed by atoms with van der Waals surface area (Å²) in [4.78, 5) is 0. The molecule has 1 atom stereocenters. The van der Waals surface area contributed by atoms with Crippen LogP contribution in [0.1, 0.15) is 54.4 Å². The van der Waals surface area contributed by atoms with Crippen LogP contribution in [0.25, 0.3) is 0 Å². The van der Waals surface area contributed by atoms with Gasteiger partial charge in [0.15, 0.2) is 0 Å². The molecule has 1 saturated carbocycles. The third-order valence-corrected chi connectivity index (χ3v) is 2.79. The highest BCUT2D eigenvalue weighted by Crippen LogP contribution is 2.45. The van der Waals surface area contributed by atoms with Gasteiger partial charge in [-0.2, -0.15) is 0 Å². The average Bonchev–Trinajstić information content (AvgIpc) is 2.00. The zero-order valence-corrected chi connectivity index (χ0v) is 10.1. The molecule has 1 unspecified atom stereocenters. The Hall–Kier alpha value is -0.260. The summed E-state index contributed by atoms with van der Waals surface area (Å²) in [7, 11) is 0. The summed E-state index contributed by atoms with van der Waals surface area (Å²) in [6.07, 6.45) is 5.13. The quantitative estimate of drug-likeness (QED) is 0.484. The van der Waals surface area contributed by atoms with Gasteiger partial charge in [-0.05, 0) is 29.6 Å². The summed E-state index contributed by atoms with van der Waals surface area (Å²) in [6.45, 7) is 14.0. The molecule has 1 rings (SSSR count). The van der Waals surface area contributed by atoms with Gasteiger partial charge in [0, 0.05) is 0 Å².